The molecular formula is C24H29N3O4S. The molecule has 0 radical (unpaired) electrons. The van der Waals surface area contributed by atoms with Crippen LogP contribution in [0.25, 0.3) is 0 Å². The van der Waals surface area contributed by atoms with Crippen molar-refractivity contribution in [2.24, 2.45) is 0 Å². The first-order chi connectivity index (χ1) is 15.4. The van der Waals surface area contributed by atoms with Gasteiger partial charge in [0.25, 0.3) is 11.8 Å². The van der Waals surface area contributed by atoms with Gasteiger partial charge in [-0.1, -0.05) is 24.3 Å². The number of hydrogen-bond acceptors (Lipinski definition) is 4. The quantitative estimate of drug-likeness (QED) is 0.751. The van der Waals surface area contributed by atoms with Gasteiger partial charge in [0.15, 0.2) is 0 Å². The van der Waals surface area contributed by atoms with Crippen molar-refractivity contribution >= 4 is 21.8 Å². The number of rotatable bonds is 5. The topological polar surface area (TPSA) is 86.8 Å². The van der Waals surface area contributed by atoms with E-state index in [0.717, 1.165) is 18.4 Å². The number of hydrogen-bond donors (Lipinski definition) is 1. The molecule has 2 aliphatic rings. The predicted molar refractivity (Wildman–Crippen MR) is 122 cm³/mol. The lowest BCUT2D eigenvalue weighted by molar-refractivity contribution is 0.0698. The van der Waals surface area contributed by atoms with Crippen molar-refractivity contribution in [2.45, 2.75) is 43.5 Å². The Kier molecular flexibility index (Phi) is 6.62. The minimum absolute atomic E-state index is 0.00744. The number of nitrogens with zero attached hydrogens (tertiary/aromatic N) is 2. The van der Waals surface area contributed by atoms with E-state index in [4.69, 9.17) is 0 Å². The van der Waals surface area contributed by atoms with Gasteiger partial charge in [0, 0.05) is 43.3 Å². The third-order valence-corrected chi connectivity index (χ3v) is 8.19. The van der Waals surface area contributed by atoms with Crippen molar-refractivity contribution in [2.75, 3.05) is 26.2 Å². The number of carbonyl (C=O) groups excluding carboxylic acids is 2. The van der Waals surface area contributed by atoms with Gasteiger partial charge < -0.3 is 10.2 Å². The van der Waals surface area contributed by atoms with E-state index in [2.05, 4.69) is 5.32 Å². The first-order valence-corrected chi connectivity index (χ1v) is 12.6. The molecule has 2 aromatic rings. The van der Waals surface area contributed by atoms with Crippen LogP contribution in [0.2, 0.25) is 0 Å². The van der Waals surface area contributed by atoms with Crippen LogP contribution < -0.4 is 5.32 Å². The molecule has 7 nitrogen and oxygen atoms in total. The molecule has 2 aliphatic heterocycles. The molecule has 0 atom stereocenters. The van der Waals surface area contributed by atoms with E-state index >= 15 is 0 Å². The maximum atomic E-state index is 13.0. The van der Waals surface area contributed by atoms with Crippen LogP contribution in [0, 0.1) is 6.92 Å². The fraction of sp³-hybridized carbons (Fsp3) is 0.417. The van der Waals surface area contributed by atoms with Crippen molar-refractivity contribution in [1.82, 2.24) is 14.5 Å². The maximum absolute atomic E-state index is 13.0. The average Bonchev–Trinajstić information content (AvgIpc) is 3.35. The molecule has 4 rings (SSSR count). The normalized spacial score (nSPS) is 18.0. The Bertz CT molecular complexity index is 1100. The molecule has 8 heteroatoms. The first kappa shape index (κ1) is 22.5. The molecule has 2 saturated heterocycles. The molecule has 32 heavy (non-hydrogen) atoms. The van der Waals surface area contributed by atoms with Gasteiger partial charge >= 0.3 is 0 Å². The van der Waals surface area contributed by atoms with Gasteiger partial charge in [0.1, 0.15) is 0 Å². The molecule has 0 unspecified atom stereocenters. The van der Waals surface area contributed by atoms with E-state index in [1.54, 1.807) is 23.1 Å². The van der Waals surface area contributed by atoms with Crippen LogP contribution in [0.15, 0.2) is 53.4 Å². The Hall–Kier alpha value is -2.71. The van der Waals surface area contributed by atoms with Crippen LogP contribution in [0.1, 0.15) is 52.0 Å². The minimum atomic E-state index is -3.56. The zero-order valence-corrected chi connectivity index (χ0v) is 19.1. The van der Waals surface area contributed by atoms with Gasteiger partial charge in [-0.2, -0.15) is 4.31 Å². The summed E-state index contributed by atoms with van der Waals surface area (Å²) in [7, 11) is -3.56. The third-order valence-electron chi connectivity index (χ3n) is 6.29. The Morgan fingerprint density at radius 2 is 1.62 bits per heavy atom. The number of benzene rings is 2. The van der Waals surface area contributed by atoms with Crippen molar-refractivity contribution in [1.29, 1.82) is 0 Å². The first-order valence-electron chi connectivity index (χ1n) is 11.1. The van der Waals surface area contributed by atoms with E-state index in [0.29, 0.717) is 50.1 Å². The molecule has 1 N–H and O–H groups in total. The van der Waals surface area contributed by atoms with E-state index in [-0.39, 0.29) is 22.8 Å². The van der Waals surface area contributed by atoms with Gasteiger partial charge in [-0.05, 0) is 62.4 Å². The zero-order valence-electron chi connectivity index (χ0n) is 18.3. The van der Waals surface area contributed by atoms with Gasteiger partial charge in [-0.25, -0.2) is 8.42 Å². The summed E-state index contributed by atoms with van der Waals surface area (Å²) >= 11 is 0. The molecule has 0 aromatic heterocycles. The summed E-state index contributed by atoms with van der Waals surface area (Å²) < 4.78 is 27.2. The molecule has 0 spiro atoms. The van der Waals surface area contributed by atoms with E-state index < -0.39 is 10.0 Å². The monoisotopic (exact) mass is 455 g/mol. The van der Waals surface area contributed by atoms with Crippen LogP contribution in [-0.2, 0) is 10.0 Å². The maximum Gasteiger partial charge on any atom is 0.253 e. The molecule has 0 bridgehead atoms. The Balaban J connectivity index is 1.37. The molecule has 0 saturated carbocycles. The van der Waals surface area contributed by atoms with Gasteiger partial charge in [-0.15, -0.1) is 0 Å². The highest BCUT2D eigenvalue weighted by Crippen LogP contribution is 2.23. The van der Waals surface area contributed by atoms with E-state index in [9.17, 15) is 18.0 Å². The average molecular weight is 456 g/mol. The van der Waals surface area contributed by atoms with Gasteiger partial charge in [0.05, 0.1) is 4.90 Å². The van der Waals surface area contributed by atoms with Gasteiger partial charge in [-0.3, -0.25) is 9.59 Å². The van der Waals surface area contributed by atoms with Crippen LogP contribution in [0.3, 0.4) is 0 Å². The number of aryl methyl sites for hydroxylation is 1. The molecule has 2 heterocycles. The second-order valence-electron chi connectivity index (χ2n) is 8.49. The SMILES string of the molecule is Cc1ccccc1C(=O)NC1CCN(C(=O)c2cccc(S(=O)(=O)N3CCCC3)c2)CC1. The lowest BCUT2D eigenvalue weighted by Crippen LogP contribution is -2.46. The van der Waals surface area contributed by atoms with Crippen molar-refractivity contribution in [3.8, 4) is 0 Å². The number of amides is 2. The summed E-state index contributed by atoms with van der Waals surface area (Å²) in [5.41, 5.74) is 1.98. The highest BCUT2D eigenvalue weighted by molar-refractivity contribution is 7.89. The summed E-state index contributed by atoms with van der Waals surface area (Å²) in [5.74, 6) is -0.264. The summed E-state index contributed by atoms with van der Waals surface area (Å²) in [6, 6.07) is 13.8. The number of sulfonamides is 1. The zero-order chi connectivity index (χ0) is 22.7. The third kappa shape index (κ3) is 4.71. The highest BCUT2D eigenvalue weighted by atomic mass is 32.2. The fourth-order valence-corrected chi connectivity index (χ4v) is 5.93. The van der Waals surface area contributed by atoms with Crippen molar-refractivity contribution in [3.05, 3.63) is 65.2 Å². The summed E-state index contributed by atoms with van der Waals surface area (Å²) in [5, 5.41) is 3.07. The molecule has 2 fully saturated rings. The van der Waals surface area contributed by atoms with Crippen LogP contribution in [0.4, 0.5) is 0 Å². The van der Waals surface area contributed by atoms with Crippen molar-refractivity contribution < 1.29 is 18.0 Å². The standard InChI is InChI=1S/C24H29N3O4S/c1-18-7-2-3-10-22(18)23(28)25-20-11-15-26(16-12-20)24(29)19-8-6-9-21(17-19)32(30,31)27-13-4-5-14-27/h2-3,6-10,17,20H,4-5,11-16H2,1H3,(H,25,28). The summed E-state index contributed by atoms with van der Waals surface area (Å²) in [4.78, 5) is 27.5. The van der Waals surface area contributed by atoms with Gasteiger partial charge in [0.2, 0.25) is 10.0 Å². The largest absolute Gasteiger partial charge is 0.349 e. The lowest BCUT2D eigenvalue weighted by Gasteiger charge is -2.32. The summed E-state index contributed by atoms with van der Waals surface area (Å²) in [6.45, 7) is 4.00. The van der Waals surface area contributed by atoms with Crippen LogP contribution in [0.5, 0.6) is 0 Å². The molecule has 0 aliphatic carbocycles. The fourth-order valence-electron chi connectivity index (χ4n) is 4.37. The van der Waals surface area contributed by atoms with Crippen molar-refractivity contribution in [3.63, 3.8) is 0 Å². The van der Waals surface area contributed by atoms with Crippen LogP contribution >= 0.6 is 0 Å². The Labute approximate surface area is 189 Å². The smallest absolute Gasteiger partial charge is 0.253 e. The second-order valence-corrected chi connectivity index (χ2v) is 10.4. The number of carbonyl (C=O) groups is 2. The Morgan fingerprint density at radius 1 is 0.938 bits per heavy atom. The molecule has 170 valence electrons. The number of piperidine rings is 1. The minimum Gasteiger partial charge on any atom is -0.349 e. The predicted octanol–water partition coefficient (Wildman–Crippen LogP) is 2.81. The molecule has 2 amide bonds. The summed E-state index contributed by atoms with van der Waals surface area (Å²) in [6.07, 6.45) is 3.06. The van der Waals surface area contributed by atoms with Crippen LogP contribution in [-0.4, -0.2) is 61.7 Å². The number of nitrogens with one attached hydrogen (secondary N) is 1. The second kappa shape index (κ2) is 9.42. The van der Waals surface area contributed by atoms with E-state index in [1.807, 2.05) is 31.2 Å². The molecular weight excluding hydrogens is 426 g/mol. The highest BCUT2D eigenvalue weighted by Gasteiger charge is 2.29. The number of likely N-dealkylation sites (tertiary alicyclic amines) is 1. The molecule has 2 aromatic carbocycles. The van der Waals surface area contributed by atoms with E-state index in [1.165, 1.54) is 10.4 Å². The Morgan fingerprint density at radius 3 is 2.31 bits per heavy atom. The lowest BCUT2D eigenvalue weighted by atomic mass is 10.0.